The molecule has 3 rings (SSSR count). The van der Waals surface area contributed by atoms with Crippen molar-refractivity contribution >= 4 is 11.8 Å². The van der Waals surface area contributed by atoms with Crippen molar-refractivity contribution in [3.8, 4) is 11.1 Å². The minimum atomic E-state index is -0.420. The van der Waals surface area contributed by atoms with E-state index in [4.69, 9.17) is 4.74 Å². The number of anilines is 1. The summed E-state index contributed by atoms with van der Waals surface area (Å²) in [6.07, 6.45) is 5.63. The fourth-order valence-corrected chi connectivity index (χ4v) is 3.12. The van der Waals surface area contributed by atoms with Gasteiger partial charge in [-0.05, 0) is 54.2 Å². The van der Waals surface area contributed by atoms with E-state index in [0.29, 0.717) is 18.2 Å². The van der Waals surface area contributed by atoms with Crippen molar-refractivity contribution in [2.75, 3.05) is 11.9 Å². The molecular formula is C20H22FNO2. The number of amides is 1. The number of carbonyl (C=O) groups excluding carboxylic acids is 1. The third kappa shape index (κ3) is 4.57. The van der Waals surface area contributed by atoms with Gasteiger partial charge in [0.15, 0.2) is 0 Å². The monoisotopic (exact) mass is 327 g/mol. The number of hydrogen-bond acceptors (Lipinski definition) is 2. The highest BCUT2D eigenvalue weighted by Gasteiger charge is 2.15. The van der Waals surface area contributed by atoms with E-state index >= 15 is 0 Å². The van der Waals surface area contributed by atoms with Crippen LogP contribution < -0.4 is 5.32 Å². The molecule has 1 aliphatic carbocycles. The summed E-state index contributed by atoms with van der Waals surface area (Å²) < 4.78 is 18.4. The van der Waals surface area contributed by atoms with Gasteiger partial charge in [0.1, 0.15) is 5.82 Å². The molecule has 0 atom stereocenters. The number of rotatable bonds is 4. The molecule has 1 saturated carbocycles. The van der Waals surface area contributed by atoms with Crippen molar-refractivity contribution in [2.45, 2.75) is 32.1 Å². The lowest BCUT2D eigenvalue weighted by Gasteiger charge is -2.21. The van der Waals surface area contributed by atoms with Crippen LogP contribution in [0.15, 0.2) is 48.5 Å². The van der Waals surface area contributed by atoms with E-state index in [-0.39, 0.29) is 5.82 Å². The summed E-state index contributed by atoms with van der Waals surface area (Å²) in [5.74, 6) is 0.231. The first kappa shape index (κ1) is 16.5. The van der Waals surface area contributed by atoms with Gasteiger partial charge in [-0.1, -0.05) is 43.5 Å². The van der Waals surface area contributed by atoms with Crippen LogP contribution in [0.5, 0.6) is 0 Å². The summed E-state index contributed by atoms with van der Waals surface area (Å²) in [4.78, 5) is 12.0. The Labute approximate surface area is 141 Å². The third-order valence-corrected chi connectivity index (χ3v) is 4.46. The zero-order valence-electron chi connectivity index (χ0n) is 13.6. The molecule has 126 valence electrons. The van der Waals surface area contributed by atoms with E-state index in [0.717, 1.165) is 24.0 Å². The topological polar surface area (TPSA) is 38.3 Å². The Morgan fingerprint density at radius 1 is 1.04 bits per heavy atom. The largest absolute Gasteiger partial charge is 0.449 e. The molecule has 3 nitrogen and oxygen atoms in total. The highest BCUT2D eigenvalue weighted by Crippen LogP contribution is 2.25. The molecule has 2 aromatic rings. The Bertz CT molecular complexity index is 678. The van der Waals surface area contributed by atoms with E-state index in [1.54, 1.807) is 12.1 Å². The zero-order valence-corrected chi connectivity index (χ0v) is 13.6. The maximum atomic E-state index is 13.0. The summed E-state index contributed by atoms with van der Waals surface area (Å²) in [7, 11) is 0. The van der Waals surface area contributed by atoms with Gasteiger partial charge in [0.05, 0.1) is 6.61 Å². The van der Waals surface area contributed by atoms with E-state index in [9.17, 15) is 9.18 Å². The Morgan fingerprint density at radius 2 is 1.79 bits per heavy atom. The first-order chi connectivity index (χ1) is 11.7. The fourth-order valence-electron chi connectivity index (χ4n) is 3.12. The Hall–Kier alpha value is -2.36. The second kappa shape index (κ2) is 7.95. The summed E-state index contributed by atoms with van der Waals surface area (Å²) in [5, 5.41) is 2.77. The van der Waals surface area contributed by atoms with Crippen LogP contribution in [0.2, 0.25) is 0 Å². The van der Waals surface area contributed by atoms with E-state index in [2.05, 4.69) is 5.32 Å². The molecule has 1 amide bonds. The van der Waals surface area contributed by atoms with Crippen LogP contribution in [0, 0.1) is 11.7 Å². The number of carbonyl (C=O) groups is 1. The van der Waals surface area contributed by atoms with Crippen LogP contribution in [0.1, 0.15) is 32.1 Å². The zero-order chi connectivity index (χ0) is 16.8. The van der Waals surface area contributed by atoms with Crippen molar-refractivity contribution in [1.82, 2.24) is 0 Å². The molecule has 24 heavy (non-hydrogen) atoms. The molecule has 0 aromatic heterocycles. The maximum Gasteiger partial charge on any atom is 0.411 e. The molecule has 0 radical (unpaired) electrons. The van der Waals surface area contributed by atoms with Gasteiger partial charge >= 0.3 is 6.09 Å². The highest BCUT2D eigenvalue weighted by molar-refractivity contribution is 5.85. The van der Waals surface area contributed by atoms with Crippen LogP contribution in [0.3, 0.4) is 0 Å². The Morgan fingerprint density at radius 3 is 2.54 bits per heavy atom. The molecule has 4 heteroatoms. The van der Waals surface area contributed by atoms with E-state index < -0.39 is 6.09 Å². The lowest BCUT2D eigenvalue weighted by atomic mass is 9.90. The Balaban J connectivity index is 1.57. The minimum absolute atomic E-state index is 0.265. The van der Waals surface area contributed by atoms with Crippen molar-refractivity contribution in [2.24, 2.45) is 5.92 Å². The molecule has 0 heterocycles. The third-order valence-electron chi connectivity index (χ3n) is 4.46. The average Bonchev–Trinajstić information content (AvgIpc) is 2.62. The molecule has 0 bridgehead atoms. The molecule has 1 fully saturated rings. The molecule has 0 spiro atoms. The van der Waals surface area contributed by atoms with Gasteiger partial charge in [-0.15, -0.1) is 0 Å². The molecule has 1 N–H and O–H groups in total. The second-order valence-electron chi connectivity index (χ2n) is 6.32. The first-order valence-electron chi connectivity index (χ1n) is 8.50. The van der Waals surface area contributed by atoms with Crippen molar-refractivity contribution in [3.05, 3.63) is 54.3 Å². The first-order valence-corrected chi connectivity index (χ1v) is 8.50. The highest BCUT2D eigenvalue weighted by atomic mass is 19.1. The van der Waals surface area contributed by atoms with Gasteiger partial charge < -0.3 is 4.74 Å². The predicted octanol–water partition coefficient (Wildman–Crippen LogP) is 5.62. The van der Waals surface area contributed by atoms with Crippen LogP contribution in [0.4, 0.5) is 14.9 Å². The van der Waals surface area contributed by atoms with Crippen LogP contribution in [0.25, 0.3) is 11.1 Å². The smallest absolute Gasteiger partial charge is 0.411 e. The van der Waals surface area contributed by atoms with Gasteiger partial charge in [0, 0.05) is 5.69 Å². The molecule has 0 saturated heterocycles. The van der Waals surface area contributed by atoms with Crippen molar-refractivity contribution < 1.29 is 13.9 Å². The molecular weight excluding hydrogens is 305 g/mol. The summed E-state index contributed by atoms with van der Waals surface area (Å²) >= 11 is 0. The molecule has 0 aliphatic heterocycles. The van der Waals surface area contributed by atoms with Gasteiger partial charge in [0.25, 0.3) is 0 Å². The summed E-state index contributed by atoms with van der Waals surface area (Å²) in [5.41, 5.74) is 2.49. The predicted molar refractivity (Wildman–Crippen MR) is 93.4 cm³/mol. The lowest BCUT2D eigenvalue weighted by molar-refractivity contribution is 0.128. The molecule has 0 unspecified atom stereocenters. The lowest BCUT2D eigenvalue weighted by Crippen LogP contribution is -2.20. The minimum Gasteiger partial charge on any atom is -0.449 e. The average molecular weight is 327 g/mol. The van der Waals surface area contributed by atoms with E-state index in [1.807, 2.05) is 24.3 Å². The quantitative estimate of drug-likeness (QED) is 0.791. The number of hydrogen-bond donors (Lipinski definition) is 1. The van der Waals surface area contributed by atoms with Crippen LogP contribution >= 0.6 is 0 Å². The Kier molecular flexibility index (Phi) is 5.47. The van der Waals surface area contributed by atoms with Crippen molar-refractivity contribution in [1.29, 1.82) is 0 Å². The fraction of sp³-hybridized carbons (Fsp3) is 0.350. The number of ether oxygens (including phenoxy) is 1. The number of nitrogens with one attached hydrogen (secondary N) is 1. The molecule has 2 aromatic carbocycles. The summed E-state index contributed by atoms with van der Waals surface area (Å²) in [6, 6.07) is 13.7. The standard InChI is InChI=1S/C20H22FNO2/c21-18-11-9-16(10-12-18)17-7-4-8-19(13-17)22-20(23)24-14-15-5-2-1-3-6-15/h4,7-13,15H,1-3,5-6,14H2,(H,22,23). The number of halogens is 1. The van der Waals surface area contributed by atoms with Gasteiger partial charge in [-0.2, -0.15) is 0 Å². The van der Waals surface area contributed by atoms with Gasteiger partial charge in [-0.25, -0.2) is 9.18 Å². The normalized spacial score (nSPS) is 15.0. The molecule has 1 aliphatic rings. The SMILES string of the molecule is O=C(Nc1cccc(-c2ccc(F)cc2)c1)OCC1CCCCC1. The van der Waals surface area contributed by atoms with Crippen LogP contribution in [-0.4, -0.2) is 12.7 Å². The van der Waals surface area contributed by atoms with Gasteiger partial charge in [0.2, 0.25) is 0 Å². The van der Waals surface area contributed by atoms with Crippen LogP contribution in [-0.2, 0) is 4.74 Å². The maximum absolute atomic E-state index is 13.0. The summed E-state index contributed by atoms with van der Waals surface area (Å²) in [6.45, 7) is 0.490. The van der Waals surface area contributed by atoms with Crippen molar-refractivity contribution in [3.63, 3.8) is 0 Å². The van der Waals surface area contributed by atoms with E-state index in [1.165, 1.54) is 31.4 Å². The van der Waals surface area contributed by atoms with Gasteiger partial charge in [-0.3, -0.25) is 5.32 Å². The second-order valence-corrected chi connectivity index (χ2v) is 6.32. The number of benzene rings is 2.